The summed E-state index contributed by atoms with van der Waals surface area (Å²) in [5.41, 5.74) is 1.69. The Balaban J connectivity index is 1.99. The molecule has 1 aromatic heterocycles. The predicted molar refractivity (Wildman–Crippen MR) is 82.3 cm³/mol. The van der Waals surface area contributed by atoms with Crippen molar-refractivity contribution in [2.75, 3.05) is 13.1 Å². The first-order chi connectivity index (χ1) is 10.2. The van der Waals surface area contributed by atoms with Crippen molar-refractivity contribution in [3.63, 3.8) is 0 Å². The Morgan fingerprint density at radius 2 is 1.71 bits per heavy atom. The number of imidazole rings is 1. The Morgan fingerprint density at radius 1 is 1.10 bits per heavy atom. The molecule has 0 atom stereocenters. The molecule has 5 nitrogen and oxygen atoms in total. The van der Waals surface area contributed by atoms with Crippen molar-refractivity contribution in [3.8, 4) is 0 Å². The van der Waals surface area contributed by atoms with Gasteiger partial charge >= 0.3 is 5.69 Å². The van der Waals surface area contributed by atoms with E-state index in [1.165, 1.54) is 0 Å². The van der Waals surface area contributed by atoms with Crippen LogP contribution in [0.3, 0.4) is 0 Å². The first-order valence-electron chi connectivity index (χ1n) is 7.68. The second-order valence-corrected chi connectivity index (χ2v) is 5.60. The van der Waals surface area contributed by atoms with E-state index < -0.39 is 0 Å². The number of likely N-dealkylation sites (tertiary alicyclic amines) is 1. The van der Waals surface area contributed by atoms with Crippen LogP contribution in [-0.2, 0) is 17.9 Å². The van der Waals surface area contributed by atoms with Crippen molar-refractivity contribution in [1.29, 1.82) is 0 Å². The van der Waals surface area contributed by atoms with Gasteiger partial charge in [-0.05, 0) is 31.4 Å². The lowest BCUT2D eigenvalue weighted by Gasteiger charge is -2.15. The minimum atomic E-state index is -0.0782. The van der Waals surface area contributed by atoms with E-state index in [0.29, 0.717) is 6.54 Å². The van der Waals surface area contributed by atoms with Gasteiger partial charge in [-0.15, -0.1) is 0 Å². The van der Waals surface area contributed by atoms with E-state index in [1.807, 2.05) is 36.1 Å². The van der Waals surface area contributed by atoms with Crippen LogP contribution in [0.15, 0.2) is 29.1 Å². The lowest BCUT2D eigenvalue weighted by molar-refractivity contribution is -0.130. The molecule has 0 unspecified atom stereocenters. The van der Waals surface area contributed by atoms with Crippen LogP contribution in [-0.4, -0.2) is 33.0 Å². The van der Waals surface area contributed by atoms with Gasteiger partial charge in [0, 0.05) is 19.6 Å². The lowest BCUT2D eigenvalue weighted by Crippen LogP contribution is -2.35. The second-order valence-electron chi connectivity index (χ2n) is 5.60. The Bertz CT molecular complexity index is 708. The highest BCUT2D eigenvalue weighted by molar-refractivity contribution is 5.81. The van der Waals surface area contributed by atoms with Gasteiger partial charge in [0.2, 0.25) is 5.91 Å². The molecular weight excluding hydrogens is 266 g/mol. The summed E-state index contributed by atoms with van der Waals surface area (Å²) >= 11 is 0. The van der Waals surface area contributed by atoms with Crippen molar-refractivity contribution in [2.45, 2.75) is 39.3 Å². The van der Waals surface area contributed by atoms with E-state index >= 15 is 0 Å². The summed E-state index contributed by atoms with van der Waals surface area (Å²) in [6.45, 7) is 4.52. The average Bonchev–Trinajstić information content (AvgIpc) is 3.11. The third-order valence-corrected chi connectivity index (χ3v) is 4.12. The summed E-state index contributed by atoms with van der Waals surface area (Å²) in [6, 6.07) is 7.71. The molecule has 0 aliphatic carbocycles. The van der Waals surface area contributed by atoms with Crippen LogP contribution in [0, 0.1) is 0 Å². The number of rotatable bonds is 4. The van der Waals surface area contributed by atoms with Gasteiger partial charge in [0.1, 0.15) is 6.54 Å². The van der Waals surface area contributed by atoms with E-state index in [4.69, 9.17) is 0 Å². The molecule has 1 fully saturated rings. The van der Waals surface area contributed by atoms with Crippen molar-refractivity contribution in [2.24, 2.45) is 0 Å². The maximum Gasteiger partial charge on any atom is 0.329 e. The molecule has 1 saturated heterocycles. The molecule has 112 valence electrons. The van der Waals surface area contributed by atoms with Gasteiger partial charge in [-0.2, -0.15) is 0 Å². The fourth-order valence-corrected chi connectivity index (χ4v) is 3.07. The molecule has 5 heteroatoms. The fraction of sp³-hybridized carbons (Fsp3) is 0.500. The number of nitrogens with zero attached hydrogens (tertiary/aromatic N) is 3. The van der Waals surface area contributed by atoms with Crippen LogP contribution in [0.25, 0.3) is 11.0 Å². The third kappa shape index (κ3) is 2.48. The van der Waals surface area contributed by atoms with Gasteiger partial charge in [0.15, 0.2) is 0 Å². The van der Waals surface area contributed by atoms with Crippen LogP contribution in [0.1, 0.15) is 26.2 Å². The molecule has 1 aliphatic rings. The summed E-state index contributed by atoms with van der Waals surface area (Å²) < 4.78 is 3.39. The second kappa shape index (κ2) is 5.76. The number of carbonyl (C=O) groups excluding carboxylic acids is 1. The quantitative estimate of drug-likeness (QED) is 0.861. The van der Waals surface area contributed by atoms with Crippen molar-refractivity contribution in [1.82, 2.24) is 14.0 Å². The topological polar surface area (TPSA) is 47.2 Å². The molecule has 0 spiro atoms. The maximum absolute atomic E-state index is 12.6. The minimum absolute atomic E-state index is 0.0500. The molecule has 0 N–H and O–H groups in total. The normalized spacial score (nSPS) is 15.0. The average molecular weight is 287 g/mol. The van der Waals surface area contributed by atoms with Crippen LogP contribution >= 0.6 is 0 Å². The van der Waals surface area contributed by atoms with Crippen LogP contribution in [0.5, 0.6) is 0 Å². The largest absolute Gasteiger partial charge is 0.341 e. The maximum atomic E-state index is 12.6. The summed E-state index contributed by atoms with van der Waals surface area (Å²) in [7, 11) is 0. The van der Waals surface area contributed by atoms with Crippen LogP contribution < -0.4 is 5.69 Å². The monoisotopic (exact) mass is 287 g/mol. The van der Waals surface area contributed by atoms with Gasteiger partial charge in [0.25, 0.3) is 0 Å². The number of para-hydroxylation sites is 2. The highest BCUT2D eigenvalue weighted by Crippen LogP contribution is 2.14. The minimum Gasteiger partial charge on any atom is -0.341 e. The fourth-order valence-electron chi connectivity index (χ4n) is 3.07. The van der Waals surface area contributed by atoms with E-state index in [9.17, 15) is 9.59 Å². The summed E-state index contributed by atoms with van der Waals surface area (Å²) in [5.74, 6) is 0.0500. The Kier molecular flexibility index (Phi) is 3.82. The molecule has 2 heterocycles. The summed E-state index contributed by atoms with van der Waals surface area (Å²) in [5, 5.41) is 0. The third-order valence-electron chi connectivity index (χ3n) is 4.12. The van der Waals surface area contributed by atoms with Crippen LogP contribution in [0.4, 0.5) is 0 Å². The lowest BCUT2D eigenvalue weighted by atomic mass is 10.3. The Hall–Kier alpha value is -2.04. The van der Waals surface area contributed by atoms with Crippen molar-refractivity contribution < 1.29 is 4.79 Å². The Labute approximate surface area is 123 Å². The number of hydrogen-bond acceptors (Lipinski definition) is 2. The zero-order valence-electron chi connectivity index (χ0n) is 12.4. The standard InChI is InChI=1S/C16H21N3O2/c1-2-9-18-13-7-3-4-8-14(13)19(16(18)21)12-15(20)17-10-5-6-11-17/h3-4,7-8H,2,5-6,9-12H2,1H3. The molecule has 0 saturated carbocycles. The summed E-state index contributed by atoms with van der Waals surface area (Å²) in [6.07, 6.45) is 3.03. The molecule has 21 heavy (non-hydrogen) atoms. The van der Waals surface area contributed by atoms with Gasteiger partial charge < -0.3 is 4.90 Å². The molecule has 2 aromatic rings. The van der Waals surface area contributed by atoms with Gasteiger partial charge in [0.05, 0.1) is 11.0 Å². The first-order valence-corrected chi connectivity index (χ1v) is 7.68. The highest BCUT2D eigenvalue weighted by atomic mass is 16.2. The van der Waals surface area contributed by atoms with Crippen molar-refractivity contribution >= 4 is 16.9 Å². The van der Waals surface area contributed by atoms with E-state index in [1.54, 1.807) is 9.13 Å². The van der Waals surface area contributed by atoms with Gasteiger partial charge in [-0.1, -0.05) is 19.1 Å². The van der Waals surface area contributed by atoms with Crippen molar-refractivity contribution in [3.05, 3.63) is 34.7 Å². The van der Waals surface area contributed by atoms with E-state index in [0.717, 1.165) is 43.4 Å². The Morgan fingerprint density at radius 3 is 2.33 bits per heavy atom. The van der Waals surface area contributed by atoms with Gasteiger partial charge in [-0.3, -0.25) is 13.9 Å². The van der Waals surface area contributed by atoms with Crippen LogP contribution in [0.2, 0.25) is 0 Å². The van der Waals surface area contributed by atoms with E-state index in [-0.39, 0.29) is 18.1 Å². The zero-order chi connectivity index (χ0) is 14.8. The first kappa shape index (κ1) is 13.9. The molecule has 0 radical (unpaired) electrons. The molecule has 1 aliphatic heterocycles. The number of aromatic nitrogens is 2. The number of aryl methyl sites for hydroxylation is 1. The number of amides is 1. The molecular formula is C16H21N3O2. The molecule has 1 aromatic carbocycles. The SMILES string of the molecule is CCCn1c(=O)n(CC(=O)N2CCCC2)c2ccccc21. The molecule has 0 bridgehead atoms. The number of benzene rings is 1. The zero-order valence-corrected chi connectivity index (χ0v) is 12.4. The van der Waals surface area contributed by atoms with Gasteiger partial charge in [-0.25, -0.2) is 4.79 Å². The number of hydrogen-bond donors (Lipinski definition) is 0. The predicted octanol–water partition coefficient (Wildman–Crippen LogP) is 1.84. The van der Waals surface area contributed by atoms with E-state index in [2.05, 4.69) is 0 Å². The number of carbonyl (C=O) groups is 1. The summed E-state index contributed by atoms with van der Waals surface area (Å²) in [4.78, 5) is 26.8. The highest BCUT2D eigenvalue weighted by Gasteiger charge is 2.21. The smallest absolute Gasteiger partial charge is 0.329 e. The molecule has 1 amide bonds. The number of fused-ring (bicyclic) bond motifs is 1. The molecule has 3 rings (SSSR count).